The molecule has 0 aliphatic heterocycles. The zero-order chi connectivity index (χ0) is 16.7. The Morgan fingerprint density at radius 3 is 2.61 bits per heavy atom. The number of hydrogen-bond acceptors (Lipinski definition) is 4. The molecular formula is C17H18N2O3S. The molecule has 2 aromatic rings. The van der Waals surface area contributed by atoms with Gasteiger partial charge in [0, 0.05) is 19.7 Å². The maximum absolute atomic E-state index is 12.1. The molecule has 120 valence electrons. The number of likely N-dealkylation sites (N-methyl/N-ethyl adjacent to an activating group) is 1. The topological polar surface area (TPSA) is 72.6 Å². The predicted octanol–water partition coefficient (Wildman–Crippen LogP) is 2.28. The number of hydrogen-bond donors (Lipinski definition) is 1. The number of ether oxygens (including phenoxy) is 1. The molecule has 0 unspecified atom stereocenters. The van der Waals surface area contributed by atoms with Crippen LogP contribution < -0.4 is 10.5 Å². The summed E-state index contributed by atoms with van der Waals surface area (Å²) in [5, 5.41) is 4.02. The highest BCUT2D eigenvalue weighted by Crippen LogP contribution is 2.13. The Hall–Kier alpha value is -2.60. The standard InChI is InChI=1S/C17H18N2O3S/c1-19(10-14-8-9-23-12-14)17(21)7-4-13-2-5-15(6-3-13)22-11-16(18)20/h2-9,12H,10-11H2,1H3,(H2,18,20)/b7-4+. The summed E-state index contributed by atoms with van der Waals surface area (Å²) in [6.45, 7) is 0.438. The predicted molar refractivity (Wildman–Crippen MR) is 91.0 cm³/mol. The highest BCUT2D eigenvalue weighted by molar-refractivity contribution is 7.07. The van der Waals surface area contributed by atoms with E-state index in [0.717, 1.165) is 11.1 Å². The lowest BCUT2D eigenvalue weighted by Gasteiger charge is -2.13. The van der Waals surface area contributed by atoms with Gasteiger partial charge in [-0.3, -0.25) is 9.59 Å². The van der Waals surface area contributed by atoms with Gasteiger partial charge in [-0.05, 0) is 46.2 Å². The zero-order valence-corrected chi connectivity index (χ0v) is 13.6. The van der Waals surface area contributed by atoms with E-state index >= 15 is 0 Å². The van der Waals surface area contributed by atoms with Crippen molar-refractivity contribution in [3.05, 3.63) is 58.3 Å². The van der Waals surface area contributed by atoms with Crippen LogP contribution in [0.5, 0.6) is 5.75 Å². The third-order valence-electron chi connectivity index (χ3n) is 3.06. The molecule has 2 N–H and O–H groups in total. The molecule has 0 atom stereocenters. The lowest BCUT2D eigenvalue weighted by molar-refractivity contribution is -0.125. The van der Waals surface area contributed by atoms with E-state index < -0.39 is 5.91 Å². The second kappa shape index (κ2) is 8.14. The number of benzene rings is 1. The van der Waals surface area contributed by atoms with Gasteiger partial charge in [-0.2, -0.15) is 11.3 Å². The quantitative estimate of drug-likeness (QED) is 0.792. The van der Waals surface area contributed by atoms with Crippen molar-refractivity contribution in [3.8, 4) is 5.75 Å². The van der Waals surface area contributed by atoms with Crippen LogP contribution in [0.4, 0.5) is 0 Å². The highest BCUT2D eigenvalue weighted by atomic mass is 32.1. The summed E-state index contributed by atoms with van der Waals surface area (Å²) in [5.74, 6) is -0.0275. The summed E-state index contributed by atoms with van der Waals surface area (Å²) in [6, 6.07) is 9.06. The number of carbonyl (C=O) groups excluding carboxylic acids is 2. The normalized spacial score (nSPS) is 10.7. The molecule has 23 heavy (non-hydrogen) atoms. The van der Waals surface area contributed by atoms with E-state index in [9.17, 15) is 9.59 Å². The van der Waals surface area contributed by atoms with Crippen LogP contribution in [0.3, 0.4) is 0 Å². The van der Waals surface area contributed by atoms with Gasteiger partial charge < -0.3 is 15.4 Å². The monoisotopic (exact) mass is 330 g/mol. The molecule has 0 saturated heterocycles. The fourth-order valence-corrected chi connectivity index (χ4v) is 2.52. The Morgan fingerprint density at radius 1 is 1.26 bits per heavy atom. The highest BCUT2D eigenvalue weighted by Gasteiger charge is 2.06. The van der Waals surface area contributed by atoms with Crippen molar-refractivity contribution in [2.75, 3.05) is 13.7 Å². The number of amides is 2. The van der Waals surface area contributed by atoms with Crippen LogP contribution in [0.25, 0.3) is 6.08 Å². The van der Waals surface area contributed by atoms with Gasteiger partial charge in [-0.1, -0.05) is 12.1 Å². The average Bonchev–Trinajstić information content (AvgIpc) is 3.04. The number of nitrogens with zero attached hydrogens (tertiary/aromatic N) is 1. The number of rotatable bonds is 7. The van der Waals surface area contributed by atoms with Gasteiger partial charge in [-0.25, -0.2) is 0 Å². The molecule has 0 aliphatic rings. The van der Waals surface area contributed by atoms with Crippen molar-refractivity contribution < 1.29 is 14.3 Å². The first-order valence-corrected chi connectivity index (χ1v) is 7.94. The number of carbonyl (C=O) groups is 2. The van der Waals surface area contributed by atoms with E-state index in [1.165, 1.54) is 6.08 Å². The van der Waals surface area contributed by atoms with Crippen LogP contribution in [0, 0.1) is 0 Å². The Labute approximate surface area is 139 Å². The molecule has 0 saturated carbocycles. The van der Waals surface area contributed by atoms with Crippen molar-refractivity contribution in [3.63, 3.8) is 0 Å². The maximum atomic E-state index is 12.1. The fraction of sp³-hybridized carbons (Fsp3) is 0.176. The summed E-state index contributed by atoms with van der Waals surface area (Å²) in [6.07, 6.45) is 3.27. The third kappa shape index (κ3) is 5.60. The van der Waals surface area contributed by atoms with Crippen molar-refractivity contribution in [2.24, 2.45) is 5.73 Å². The molecular weight excluding hydrogens is 312 g/mol. The molecule has 0 radical (unpaired) electrons. The van der Waals surface area contributed by atoms with Crippen molar-refractivity contribution in [2.45, 2.75) is 6.54 Å². The molecule has 0 spiro atoms. The summed E-state index contributed by atoms with van der Waals surface area (Å²) in [5.41, 5.74) is 7.00. The van der Waals surface area contributed by atoms with Gasteiger partial charge in [-0.15, -0.1) is 0 Å². The van der Waals surface area contributed by atoms with Crippen LogP contribution in [0.2, 0.25) is 0 Å². The SMILES string of the molecule is CN(Cc1ccsc1)C(=O)/C=C/c1ccc(OCC(N)=O)cc1. The van der Waals surface area contributed by atoms with Crippen molar-refractivity contribution >= 4 is 29.2 Å². The van der Waals surface area contributed by atoms with Gasteiger partial charge >= 0.3 is 0 Å². The van der Waals surface area contributed by atoms with E-state index in [2.05, 4.69) is 0 Å². The smallest absolute Gasteiger partial charge is 0.255 e. The molecule has 0 aliphatic carbocycles. The minimum atomic E-state index is -0.520. The van der Waals surface area contributed by atoms with Crippen LogP contribution in [0.15, 0.2) is 47.2 Å². The molecule has 2 rings (SSSR count). The Balaban J connectivity index is 1.88. The lowest BCUT2D eigenvalue weighted by atomic mass is 10.2. The van der Waals surface area contributed by atoms with Crippen LogP contribution >= 0.6 is 11.3 Å². The van der Waals surface area contributed by atoms with Gasteiger partial charge in [0.1, 0.15) is 5.75 Å². The Morgan fingerprint density at radius 2 is 2.00 bits per heavy atom. The first kappa shape index (κ1) is 16.8. The number of primary amides is 1. The van der Waals surface area contributed by atoms with Crippen LogP contribution in [-0.4, -0.2) is 30.4 Å². The van der Waals surface area contributed by atoms with E-state index in [-0.39, 0.29) is 12.5 Å². The average molecular weight is 330 g/mol. The Bertz CT molecular complexity index is 678. The van der Waals surface area contributed by atoms with Gasteiger partial charge in [0.05, 0.1) is 0 Å². The number of thiophene rings is 1. The van der Waals surface area contributed by atoms with Crippen molar-refractivity contribution in [1.82, 2.24) is 4.90 Å². The molecule has 1 heterocycles. The second-order valence-corrected chi connectivity index (χ2v) is 5.76. The largest absolute Gasteiger partial charge is 0.484 e. The molecule has 1 aromatic carbocycles. The first-order chi connectivity index (χ1) is 11.0. The molecule has 2 amide bonds. The summed E-state index contributed by atoms with van der Waals surface area (Å²) < 4.78 is 5.17. The summed E-state index contributed by atoms with van der Waals surface area (Å²) >= 11 is 1.61. The lowest BCUT2D eigenvalue weighted by Crippen LogP contribution is -2.23. The number of nitrogens with two attached hydrogens (primary N) is 1. The van der Waals surface area contributed by atoms with E-state index in [4.69, 9.17) is 10.5 Å². The maximum Gasteiger partial charge on any atom is 0.255 e. The fourth-order valence-electron chi connectivity index (χ4n) is 1.86. The zero-order valence-electron chi connectivity index (χ0n) is 12.8. The summed E-state index contributed by atoms with van der Waals surface area (Å²) in [4.78, 5) is 24.3. The van der Waals surface area contributed by atoms with Crippen LogP contribution in [0.1, 0.15) is 11.1 Å². The molecule has 0 fully saturated rings. The van der Waals surface area contributed by atoms with Gasteiger partial charge in [0.25, 0.3) is 5.91 Å². The second-order valence-electron chi connectivity index (χ2n) is 4.98. The minimum Gasteiger partial charge on any atom is -0.484 e. The van der Waals surface area contributed by atoms with E-state index in [1.807, 2.05) is 16.8 Å². The molecule has 1 aromatic heterocycles. The molecule has 5 nitrogen and oxygen atoms in total. The molecule has 6 heteroatoms. The van der Waals surface area contributed by atoms with Gasteiger partial charge in [0.2, 0.25) is 5.91 Å². The van der Waals surface area contributed by atoms with E-state index in [1.54, 1.807) is 53.6 Å². The Kier molecular flexibility index (Phi) is 5.94. The molecule has 0 bridgehead atoms. The van der Waals surface area contributed by atoms with E-state index in [0.29, 0.717) is 12.3 Å². The third-order valence-corrected chi connectivity index (χ3v) is 3.79. The van der Waals surface area contributed by atoms with Gasteiger partial charge in [0.15, 0.2) is 6.61 Å². The van der Waals surface area contributed by atoms with Crippen LogP contribution in [-0.2, 0) is 16.1 Å². The van der Waals surface area contributed by atoms with Crippen molar-refractivity contribution in [1.29, 1.82) is 0 Å². The first-order valence-electron chi connectivity index (χ1n) is 7.00. The minimum absolute atomic E-state index is 0.0646. The summed E-state index contributed by atoms with van der Waals surface area (Å²) in [7, 11) is 1.77.